The second-order valence-electron chi connectivity index (χ2n) is 6.19. The number of esters is 1. The molecule has 0 heterocycles. The fourth-order valence-corrected chi connectivity index (χ4v) is 3.11. The Kier molecular flexibility index (Phi) is 5.21. The third-order valence-electron chi connectivity index (χ3n) is 4.40. The highest BCUT2D eigenvalue weighted by Gasteiger charge is 2.25. The molecule has 4 heteroatoms. The van der Waals surface area contributed by atoms with Crippen LogP contribution in [0.25, 0.3) is 0 Å². The molecule has 0 aliphatic heterocycles. The van der Waals surface area contributed by atoms with Crippen molar-refractivity contribution in [3.8, 4) is 0 Å². The molecule has 0 saturated heterocycles. The minimum Gasteiger partial charge on any atom is -0.465 e. The van der Waals surface area contributed by atoms with E-state index in [-0.39, 0.29) is 11.9 Å². The standard InChI is InChI=1S/C17H24FNO2/c1-11(2)12-5-4-6-14(9-12)19-16-10-13(18)7-8-15(16)17(20)21-3/h7-8,10-12,14,19H,4-6,9H2,1-3H3. The fraction of sp³-hybridized carbons (Fsp3) is 0.588. The Hall–Kier alpha value is -1.58. The highest BCUT2D eigenvalue weighted by Crippen LogP contribution is 2.32. The number of anilines is 1. The van der Waals surface area contributed by atoms with Crippen molar-refractivity contribution in [2.45, 2.75) is 45.6 Å². The Morgan fingerprint density at radius 3 is 2.81 bits per heavy atom. The molecular formula is C17H24FNO2. The molecule has 1 N–H and O–H groups in total. The first-order chi connectivity index (χ1) is 10.0. The van der Waals surface area contributed by atoms with E-state index in [0.717, 1.165) is 12.8 Å². The molecule has 3 nitrogen and oxygen atoms in total. The predicted molar refractivity (Wildman–Crippen MR) is 81.9 cm³/mol. The van der Waals surface area contributed by atoms with E-state index in [2.05, 4.69) is 19.2 Å². The van der Waals surface area contributed by atoms with Gasteiger partial charge in [-0.1, -0.05) is 26.7 Å². The smallest absolute Gasteiger partial charge is 0.339 e. The van der Waals surface area contributed by atoms with E-state index in [1.54, 1.807) is 0 Å². The van der Waals surface area contributed by atoms with Gasteiger partial charge >= 0.3 is 5.97 Å². The minimum absolute atomic E-state index is 0.288. The molecule has 0 spiro atoms. The second kappa shape index (κ2) is 6.92. The van der Waals surface area contributed by atoms with Crippen LogP contribution >= 0.6 is 0 Å². The van der Waals surface area contributed by atoms with Crippen molar-refractivity contribution in [2.24, 2.45) is 11.8 Å². The predicted octanol–water partition coefficient (Wildman–Crippen LogP) is 4.24. The van der Waals surface area contributed by atoms with Gasteiger partial charge in [-0.3, -0.25) is 0 Å². The lowest BCUT2D eigenvalue weighted by molar-refractivity contribution is 0.0601. The molecular weight excluding hydrogens is 269 g/mol. The first-order valence-electron chi connectivity index (χ1n) is 7.65. The molecule has 1 aliphatic rings. The van der Waals surface area contributed by atoms with Gasteiger partial charge in [-0.2, -0.15) is 0 Å². The average Bonchev–Trinajstić information content (AvgIpc) is 2.47. The van der Waals surface area contributed by atoms with Gasteiger partial charge in [-0.25, -0.2) is 9.18 Å². The number of carbonyl (C=O) groups is 1. The highest BCUT2D eigenvalue weighted by atomic mass is 19.1. The lowest BCUT2D eigenvalue weighted by Crippen LogP contribution is -2.30. The van der Waals surface area contributed by atoms with Crippen LogP contribution in [-0.2, 0) is 4.74 Å². The second-order valence-corrected chi connectivity index (χ2v) is 6.19. The van der Waals surface area contributed by atoms with Crippen LogP contribution in [0.15, 0.2) is 18.2 Å². The molecule has 1 aliphatic carbocycles. The number of nitrogens with one attached hydrogen (secondary N) is 1. The van der Waals surface area contributed by atoms with E-state index < -0.39 is 5.97 Å². The molecule has 0 amide bonds. The van der Waals surface area contributed by atoms with Crippen molar-refractivity contribution in [2.75, 3.05) is 12.4 Å². The topological polar surface area (TPSA) is 38.3 Å². The Balaban J connectivity index is 2.14. The number of rotatable bonds is 4. The first kappa shape index (κ1) is 15.8. The van der Waals surface area contributed by atoms with Gasteiger partial charge in [0.2, 0.25) is 0 Å². The van der Waals surface area contributed by atoms with Gasteiger partial charge in [-0.05, 0) is 42.9 Å². The zero-order valence-corrected chi connectivity index (χ0v) is 13.0. The number of methoxy groups -OCH3 is 1. The number of carbonyl (C=O) groups excluding carboxylic acids is 1. The lowest BCUT2D eigenvalue weighted by Gasteiger charge is -2.33. The third-order valence-corrected chi connectivity index (χ3v) is 4.40. The van der Waals surface area contributed by atoms with Crippen molar-refractivity contribution in [1.82, 2.24) is 0 Å². The SMILES string of the molecule is COC(=O)c1ccc(F)cc1NC1CCCC(C(C)C)C1. The van der Waals surface area contributed by atoms with Crippen LogP contribution in [0.2, 0.25) is 0 Å². The summed E-state index contributed by atoms with van der Waals surface area (Å²) in [6, 6.07) is 4.43. The van der Waals surface area contributed by atoms with Crippen LogP contribution in [0.4, 0.5) is 10.1 Å². The molecule has 1 aromatic rings. The summed E-state index contributed by atoms with van der Waals surface area (Å²) in [6.45, 7) is 4.49. The van der Waals surface area contributed by atoms with Crippen LogP contribution in [0.1, 0.15) is 49.9 Å². The van der Waals surface area contributed by atoms with Gasteiger partial charge in [0.05, 0.1) is 18.4 Å². The van der Waals surface area contributed by atoms with Crippen molar-refractivity contribution < 1.29 is 13.9 Å². The maximum Gasteiger partial charge on any atom is 0.339 e. The summed E-state index contributed by atoms with van der Waals surface area (Å²) in [5.74, 6) is 0.559. The number of hydrogen-bond acceptors (Lipinski definition) is 3. The monoisotopic (exact) mass is 293 g/mol. The van der Waals surface area contributed by atoms with E-state index in [1.807, 2.05) is 0 Å². The van der Waals surface area contributed by atoms with E-state index in [1.165, 1.54) is 38.2 Å². The summed E-state index contributed by atoms with van der Waals surface area (Å²) in [7, 11) is 1.34. The van der Waals surface area contributed by atoms with Crippen LogP contribution in [0.5, 0.6) is 0 Å². The molecule has 1 fully saturated rings. The molecule has 2 atom stereocenters. The molecule has 0 radical (unpaired) electrons. The van der Waals surface area contributed by atoms with Crippen molar-refractivity contribution in [1.29, 1.82) is 0 Å². The van der Waals surface area contributed by atoms with Gasteiger partial charge in [-0.15, -0.1) is 0 Å². The van der Waals surface area contributed by atoms with Crippen LogP contribution in [0, 0.1) is 17.7 Å². The van der Waals surface area contributed by atoms with Gasteiger partial charge in [0.15, 0.2) is 0 Å². The molecule has 1 saturated carbocycles. The van der Waals surface area contributed by atoms with Crippen molar-refractivity contribution >= 4 is 11.7 Å². The zero-order chi connectivity index (χ0) is 15.4. The van der Waals surface area contributed by atoms with E-state index in [0.29, 0.717) is 23.1 Å². The number of hydrogen-bond donors (Lipinski definition) is 1. The lowest BCUT2D eigenvalue weighted by atomic mass is 9.79. The molecule has 2 rings (SSSR count). The summed E-state index contributed by atoms with van der Waals surface area (Å²) in [6.07, 6.45) is 4.54. The average molecular weight is 293 g/mol. The zero-order valence-electron chi connectivity index (χ0n) is 13.0. The van der Waals surface area contributed by atoms with Gasteiger partial charge in [0.25, 0.3) is 0 Å². The Morgan fingerprint density at radius 2 is 2.14 bits per heavy atom. The molecule has 21 heavy (non-hydrogen) atoms. The van der Waals surface area contributed by atoms with Crippen LogP contribution in [0.3, 0.4) is 0 Å². The van der Waals surface area contributed by atoms with Gasteiger partial charge in [0.1, 0.15) is 5.82 Å². The summed E-state index contributed by atoms with van der Waals surface area (Å²) < 4.78 is 18.2. The fourth-order valence-electron chi connectivity index (χ4n) is 3.11. The Labute approximate surface area is 125 Å². The van der Waals surface area contributed by atoms with E-state index in [9.17, 15) is 9.18 Å². The molecule has 2 unspecified atom stereocenters. The molecule has 0 bridgehead atoms. The number of ether oxygens (including phenoxy) is 1. The minimum atomic E-state index is -0.436. The van der Waals surface area contributed by atoms with Crippen LogP contribution in [-0.4, -0.2) is 19.1 Å². The largest absolute Gasteiger partial charge is 0.465 e. The third kappa shape index (κ3) is 3.96. The Bertz CT molecular complexity index is 502. The summed E-state index contributed by atoms with van der Waals surface area (Å²) in [5.41, 5.74) is 0.932. The van der Waals surface area contributed by atoms with Gasteiger partial charge in [0, 0.05) is 6.04 Å². The van der Waals surface area contributed by atoms with E-state index >= 15 is 0 Å². The molecule has 116 valence electrons. The van der Waals surface area contributed by atoms with Crippen molar-refractivity contribution in [3.05, 3.63) is 29.6 Å². The maximum absolute atomic E-state index is 13.5. The normalized spacial score (nSPS) is 22.1. The number of benzene rings is 1. The van der Waals surface area contributed by atoms with Crippen LogP contribution < -0.4 is 5.32 Å². The Morgan fingerprint density at radius 1 is 1.38 bits per heavy atom. The quantitative estimate of drug-likeness (QED) is 0.844. The summed E-state index contributed by atoms with van der Waals surface area (Å²) in [5, 5.41) is 3.35. The number of halogens is 1. The van der Waals surface area contributed by atoms with Crippen molar-refractivity contribution in [3.63, 3.8) is 0 Å². The van der Waals surface area contributed by atoms with Gasteiger partial charge < -0.3 is 10.1 Å². The highest BCUT2D eigenvalue weighted by molar-refractivity contribution is 5.95. The summed E-state index contributed by atoms with van der Waals surface area (Å²) >= 11 is 0. The molecule has 0 aromatic heterocycles. The van der Waals surface area contributed by atoms with E-state index in [4.69, 9.17) is 4.74 Å². The summed E-state index contributed by atoms with van der Waals surface area (Å²) in [4.78, 5) is 11.8. The molecule has 1 aromatic carbocycles. The first-order valence-corrected chi connectivity index (χ1v) is 7.65. The maximum atomic E-state index is 13.5.